The maximum atomic E-state index is 4.53. The fourth-order valence-electron chi connectivity index (χ4n) is 2.70. The van der Waals surface area contributed by atoms with E-state index in [1.807, 2.05) is 6.07 Å². The number of aromatic amines is 1. The molecule has 0 saturated carbocycles. The highest BCUT2D eigenvalue weighted by molar-refractivity contribution is 7.97. The lowest BCUT2D eigenvalue weighted by molar-refractivity contribution is 1.08. The summed E-state index contributed by atoms with van der Waals surface area (Å²) in [5.74, 6) is 0. The van der Waals surface area contributed by atoms with E-state index in [2.05, 4.69) is 64.3 Å². The summed E-state index contributed by atoms with van der Waals surface area (Å²) in [6, 6.07) is 16.7. The highest BCUT2D eigenvalue weighted by atomic mass is 32.2. The predicted molar refractivity (Wildman–Crippen MR) is 84.1 cm³/mol. The molecule has 0 radical (unpaired) electrons. The fourth-order valence-corrected chi connectivity index (χ4v) is 3.36. The van der Waals surface area contributed by atoms with Gasteiger partial charge < -0.3 is 4.98 Å². The van der Waals surface area contributed by atoms with E-state index in [0.717, 1.165) is 16.9 Å². The molecule has 1 aromatic heterocycles. The lowest BCUT2D eigenvalue weighted by atomic mass is 9.99. The summed E-state index contributed by atoms with van der Waals surface area (Å²) in [5.41, 5.74) is 5.67. The summed E-state index contributed by atoms with van der Waals surface area (Å²) in [7, 11) is 0. The number of hydrogen-bond donors (Lipinski definition) is 2. The Kier molecular flexibility index (Phi) is 2.57. The molecule has 1 aliphatic rings. The number of hydrogen-bond acceptors (Lipinski definition) is 3. The molecule has 98 valence electrons. The standard InChI is InChI=1S/C16H13N3S/c1-10-15(11-6-2-4-8-13(11)17-10)16-12-7-3-5-9-14(12)20-19-18-16/h2-9,17,19H,1H3. The number of rotatable bonds is 1. The summed E-state index contributed by atoms with van der Waals surface area (Å²) in [6.07, 6.45) is 0. The number of benzene rings is 2. The maximum Gasteiger partial charge on any atom is 0.102 e. The van der Waals surface area contributed by atoms with Crippen LogP contribution in [0.15, 0.2) is 58.5 Å². The largest absolute Gasteiger partial charge is 0.358 e. The van der Waals surface area contributed by atoms with E-state index in [-0.39, 0.29) is 0 Å². The van der Waals surface area contributed by atoms with Crippen molar-refractivity contribution in [1.82, 2.24) is 9.82 Å². The third kappa shape index (κ3) is 1.65. The normalized spacial score (nSPS) is 13.8. The molecule has 0 amide bonds. The maximum absolute atomic E-state index is 4.53. The van der Waals surface area contributed by atoms with E-state index in [9.17, 15) is 0 Å². The zero-order valence-corrected chi connectivity index (χ0v) is 11.8. The number of nitrogens with one attached hydrogen (secondary N) is 2. The van der Waals surface area contributed by atoms with Gasteiger partial charge in [-0.2, -0.15) is 5.10 Å². The van der Waals surface area contributed by atoms with Crippen LogP contribution in [0.4, 0.5) is 0 Å². The molecule has 0 aliphatic carbocycles. The monoisotopic (exact) mass is 279 g/mol. The van der Waals surface area contributed by atoms with E-state index < -0.39 is 0 Å². The first kappa shape index (κ1) is 11.6. The van der Waals surface area contributed by atoms with Crippen LogP contribution < -0.4 is 4.83 Å². The van der Waals surface area contributed by atoms with Crippen molar-refractivity contribution in [3.8, 4) is 0 Å². The smallest absolute Gasteiger partial charge is 0.102 e. The minimum atomic E-state index is 1.01. The Bertz CT molecular complexity index is 833. The van der Waals surface area contributed by atoms with Gasteiger partial charge in [0.1, 0.15) is 5.71 Å². The van der Waals surface area contributed by atoms with Gasteiger partial charge in [-0.25, -0.2) is 4.83 Å². The van der Waals surface area contributed by atoms with Crippen LogP contribution in [0.5, 0.6) is 0 Å². The molecule has 0 fully saturated rings. The first-order valence-electron chi connectivity index (χ1n) is 6.51. The molecular weight excluding hydrogens is 266 g/mol. The van der Waals surface area contributed by atoms with Crippen LogP contribution in [0.25, 0.3) is 10.9 Å². The molecule has 1 aliphatic heterocycles. The molecule has 0 spiro atoms. The molecule has 3 aromatic rings. The number of H-pyrrole nitrogens is 1. The van der Waals surface area contributed by atoms with Crippen LogP contribution in [-0.4, -0.2) is 10.7 Å². The highest BCUT2D eigenvalue weighted by Gasteiger charge is 2.21. The van der Waals surface area contributed by atoms with Gasteiger partial charge in [-0.05, 0) is 19.1 Å². The van der Waals surface area contributed by atoms with Crippen molar-refractivity contribution in [2.75, 3.05) is 0 Å². The van der Waals surface area contributed by atoms with E-state index in [1.165, 1.54) is 21.4 Å². The summed E-state index contributed by atoms with van der Waals surface area (Å²) in [5, 5.41) is 5.75. The van der Waals surface area contributed by atoms with Crippen LogP contribution in [0.2, 0.25) is 0 Å². The lowest BCUT2D eigenvalue weighted by Gasteiger charge is -2.16. The average molecular weight is 279 g/mol. The second-order valence-electron chi connectivity index (χ2n) is 4.82. The Hall–Kier alpha value is -2.20. The molecule has 0 saturated heterocycles. The number of para-hydroxylation sites is 1. The zero-order valence-electron chi connectivity index (χ0n) is 11.0. The topological polar surface area (TPSA) is 40.2 Å². The third-order valence-corrected chi connectivity index (χ3v) is 4.34. The van der Waals surface area contributed by atoms with Crippen LogP contribution in [0, 0.1) is 6.92 Å². The summed E-state index contributed by atoms with van der Waals surface area (Å²) in [4.78, 5) is 7.71. The SMILES string of the molecule is Cc1[nH]c2ccccc2c1C1=NNSc2ccccc21. The van der Waals surface area contributed by atoms with Crippen molar-refractivity contribution in [2.24, 2.45) is 5.10 Å². The number of nitrogens with zero attached hydrogens (tertiary/aromatic N) is 1. The van der Waals surface area contributed by atoms with Gasteiger partial charge in [0.2, 0.25) is 0 Å². The lowest BCUT2D eigenvalue weighted by Crippen LogP contribution is -2.14. The summed E-state index contributed by atoms with van der Waals surface area (Å²) >= 11 is 1.55. The van der Waals surface area contributed by atoms with E-state index >= 15 is 0 Å². The Labute approximate surface area is 121 Å². The van der Waals surface area contributed by atoms with Crippen LogP contribution in [-0.2, 0) is 0 Å². The van der Waals surface area contributed by atoms with Gasteiger partial charge in [0.05, 0.1) is 0 Å². The average Bonchev–Trinajstić information content (AvgIpc) is 2.82. The zero-order chi connectivity index (χ0) is 13.5. The Morgan fingerprint density at radius 1 is 1.00 bits per heavy atom. The fraction of sp³-hybridized carbons (Fsp3) is 0.0625. The molecule has 2 N–H and O–H groups in total. The first-order chi connectivity index (χ1) is 9.84. The first-order valence-corrected chi connectivity index (χ1v) is 7.33. The van der Waals surface area contributed by atoms with Gasteiger partial charge >= 0.3 is 0 Å². The van der Waals surface area contributed by atoms with Crippen molar-refractivity contribution in [2.45, 2.75) is 11.8 Å². The highest BCUT2D eigenvalue weighted by Crippen LogP contribution is 2.31. The molecule has 0 bridgehead atoms. The quantitative estimate of drug-likeness (QED) is 0.664. The van der Waals surface area contributed by atoms with Crippen molar-refractivity contribution in [3.63, 3.8) is 0 Å². The van der Waals surface area contributed by atoms with Crippen molar-refractivity contribution in [1.29, 1.82) is 0 Å². The second kappa shape index (κ2) is 4.42. The minimum absolute atomic E-state index is 1.01. The molecule has 2 heterocycles. The van der Waals surface area contributed by atoms with Gasteiger partial charge in [0.25, 0.3) is 0 Å². The van der Waals surface area contributed by atoms with Crippen molar-refractivity contribution < 1.29 is 0 Å². The molecule has 2 aromatic carbocycles. The van der Waals surface area contributed by atoms with E-state index in [1.54, 1.807) is 11.9 Å². The van der Waals surface area contributed by atoms with E-state index in [4.69, 9.17) is 0 Å². The van der Waals surface area contributed by atoms with Crippen molar-refractivity contribution in [3.05, 3.63) is 65.4 Å². The van der Waals surface area contributed by atoms with Gasteiger partial charge in [-0.3, -0.25) is 0 Å². The molecule has 4 rings (SSSR count). The molecule has 3 nitrogen and oxygen atoms in total. The number of fused-ring (bicyclic) bond motifs is 2. The van der Waals surface area contributed by atoms with E-state index in [0.29, 0.717) is 0 Å². The Balaban J connectivity index is 2.00. The molecule has 0 atom stereocenters. The van der Waals surface area contributed by atoms with Gasteiger partial charge in [0.15, 0.2) is 0 Å². The van der Waals surface area contributed by atoms with Crippen LogP contribution in [0.3, 0.4) is 0 Å². The van der Waals surface area contributed by atoms with Gasteiger partial charge in [-0.15, -0.1) is 0 Å². The number of aromatic nitrogens is 1. The number of aryl methyl sites for hydroxylation is 1. The van der Waals surface area contributed by atoms with Crippen molar-refractivity contribution >= 4 is 28.6 Å². The Morgan fingerprint density at radius 3 is 2.75 bits per heavy atom. The van der Waals surface area contributed by atoms with Gasteiger partial charge in [-0.1, -0.05) is 36.4 Å². The molecule has 4 heteroatoms. The third-order valence-electron chi connectivity index (χ3n) is 3.59. The minimum Gasteiger partial charge on any atom is -0.358 e. The predicted octanol–water partition coefficient (Wildman–Crippen LogP) is 3.84. The van der Waals surface area contributed by atoms with Gasteiger partial charge in [0, 0.05) is 44.6 Å². The summed E-state index contributed by atoms with van der Waals surface area (Å²) in [6.45, 7) is 2.10. The Morgan fingerprint density at radius 2 is 1.80 bits per heavy atom. The number of hydrazone groups is 1. The van der Waals surface area contributed by atoms with Crippen LogP contribution in [0.1, 0.15) is 16.8 Å². The summed E-state index contributed by atoms with van der Waals surface area (Å²) < 4.78 is 0. The van der Waals surface area contributed by atoms with Crippen LogP contribution >= 0.6 is 11.9 Å². The molecule has 20 heavy (non-hydrogen) atoms. The second-order valence-corrected chi connectivity index (χ2v) is 5.65. The molecular formula is C16H13N3S. The molecule has 0 unspecified atom stereocenters.